The number of aromatic amines is 1. The predicted molar refractivity (Wildman–Crippen MR) is 137 cm³/mol. The molecule has 1 aliphatic heterocycles. The largest absolute Gasteiger partial charge is 0.356 e. The van der Waals surface area contributed by atoms with Crippen LogP contribution in [0.3, 0.4) is 0 Å². The van der Waals surface area contributed by atoms with Gasteiger partial charge in [0.25, 0.3) is 5.56 Å². The number of piperidine rings is 1. The van der Waals surface area contributed by atoms with Crippen molar-refractivity contribution in [3.05, 3.63) is 63.7 Å². The Hall–Kier alpha value is -3.59. The van der Waals surface area contributed by atoms with Gasteiger partial charge in [-0.2, -0.15) is 0 Å². The standard InChI is InChI=1S/C25H25N7OS/c1-3-31-22-12-20-17(11-21(22)29-25(31)34)23(27-13-26-20)30-8-6-16(7-9-30)32-14-28-19-5-4-15(2)10-18(19)24(32)33/h4-5,10-14,16H,3,6-9H2,1-2H3,(H,29,34). The number of nitrogens with zero attached hydrogens (tertiary/aromatic N) is 6. The molecule has 3 aromatic heterocycles. The van der Waals surface area contributed by atoms with Crippen molar-refractivity contribution in [2.24, 2.45) is 0 Å². The van der Waals surface area contributed by atoms with E-state index in [1.54, 1.807) is 12.7 Å². The molecule has 1 aliphatic rings. The molecule has 9 heteroatoms. The van der Waals surface area contributed by atoms with Crippen molar-refractivity contribution in [2.75, 3.05) is 18.0 Å². The van der Waals surface area contributed by atoms with Gasteiger partial charge in [-0.3, -0.25) is 9.36 Å². The summed E-state index contributed by atoms with van der Waals surface area (Å²) < 4.78 is 4.61. The van der Waals surface area contributed by atoms with E-state index in [9.17, 15) is 4.79 Å². The van der Waals surface area contributed by atoms with Gasteiger partial charge in [0.1, 0.15) is 12.1 Å². The molecule has 0 unspecified atom stereocenters. The van der Waals surface area contributed by atoms with Gasteiger partial charge in [0, 0.05) is 31.1 Å². The summed E-state index contributed by atoms with van der Waals surface area (Å²) in [6.45, 7) is 6.50. The number of aryl methyl sites for hydroxylation is 2. The Labute approximate surface area is 200 Å². The number of aromatic nitrogens is 6. The van der Waals surface area contributed by atoms with Gasteiger partial charge in [-0.15, -0.1) is 0 Å². The molecule has 34 heavy (non-hydrogen) atoms. The molecule has 172 valence electrons. The first-order valence-corrected chi connectivity index (χ1v) is 12.0. The molecular formula is C25H25N7OS. The summed E-state index contributed by atoms with van der Waals surface area (Å²) in [6.07, 6.45) is 5.04. The number of hydrogen-bond donors (Lipinski definition) is 1. The SMILES string of the molecule is CCn1c(=S)[nH]c2cc3c(N4CCC(n5cnc6ccc(C)cc6c5=O)CC4)ncnc3cc21. The van der Waals surface area contributed by atoms with Gasteiger partial charge >= 0.3 is 0 Å². The second kappa shape index (κ2) is 8.02. The fourth-order valence-corrected chi connectivity index (χ4v) is 5.46. The van der Waals surface area contributed by atoms with Gasteiger partial charge in [-0.1, -0.05) is 11.6 Å². The average Bonchev–Trinajstić information content (AvgIpc) is 3.16. The fourth-order valence-electron chi connectivity index (χ4n) is 5.13. The van der Waals surface area contributed by atoms with Crippen molar-refractivity contribution in [1.29, 1.82) is 0 Å². The summed E-state index contributed by atoms with van der Waals surface area (Å²) in [5.41, 5.74) is 4.81. The quantitative estimate of drug-likeness (QED) is 0.390. The minimum atomic E-state index is 0.0396. The summed E-state index contributed by atoms with van der Waals surface area (Å²) in [6, 6.07) is 10.1. The fraction of sp³-hybridized carbons (Fsp3) is 0.320. The van der Waals surface area contributed by atoms with E-state index >= 15 is 0 Å². The van der Waals surface area contributed by atoms with Crippen LogP contribution in [0.2, 0.25) is 0 Å². The number of H-pyrrole nitrogens is 1. The van der Waals surface area contributed by atoms with Gasteiger partial charge < -0.3 is 14.5 Å². The maximum atomic E-state index is 13.2. The number of anilines is 1. The zero-order valence-corrected chi connectivity index (χ0v) is 20.0. The molecule has 1 N–H and O–H groups in total. The number of nitrogens with one attached hydrogen (secondary N) is 1. The highest BCUT2D eigenvalue weighted by Crippen LogP contribution is 2.31. The number of hydrogen-bond acceptors (Lipinski definition) is 6. The Bertz CT molecular complexity index is 1670. The van der Waals surface area contributed by atoms with Crippen molar-refractivity contribution >= 4 is 50.9 Å². The predicted octanol–water partition coefficient (Wildman–Crippen LogP) is 4.52. The Morgan fingerprint density at radius 2 is 1.88 bits per heavy atom. The molecule has 8 nitrogen and oxygen atoms in total. The molecule has 1 saturated heterocycles. The third kappa shape index (κ3) is 3.30. The number of fused-ring (bicyclic) bond motifs is 3. The topological polar surface area (TPSA) is 84.6 Å². The second-order valence-corrected chi connectivity index (χ2v) is 9.34. The molecule has 5 aromatic rings. The van der Waals surface area contributed by atoms with Crippen LogP contribution in [-0.4, -0.2) is 42.2 Å². The van der Waals surface area contributed by atoms with E-state index in [1.807, 2.05) is 29.7 Å². The minimum Gasteiger partial charge on any atom is -0.356 e. The van der Waals surface area contributed by atoms with E-state index in [-0.39, 0.29) is 11.6 Å². The van der Waals surface area contributed by atoms with Crippen LogP contribution in [-0.2, 0) is 6.54 Å². The Morgan fingerprint density at radius 3 is 2.68 bits per heavy atom. The second-order valence-electron chi connectivity index (χ2n) is 8.95. The van der Waals surface area contributed by atoms with E-state index in [2.05, 4.69) is 48.5 Å². The van der Waals surface area contributed by atoms with Crippen LogP contribution in [0.15, 0.2) is 47.8 Å². The summed E-state index contributed by atoms with van der Waals surface area (Å²) in [5.74, 6) is 0.925. The minimum absolute atomic E-state index is 0.0396. The van der Waals surface area contributed by atoms with Crippen molar-refractivity contribution in [2.45, 2.75) is 39.3 Å². The van der Waals surface area contributed by atoms with Crippen LogP contribution in [0, 0.1) is 11.7 Å². The van der Waals surface area contributed by atoms with Gasteiger partial charge in [-0.05, 0) is 63.2 Å². The average molecular weight is 472 g/mol. The van der Waals surface area contributed by atoms with Crippen molar-refractivity contribution in [1.82, 2.24) is 29.1 Å². The van der Waals surface area contributed by atoms with Crippen molar-refractivity contribution in [3.8, 4) is 0 Å². The first-order valence-electron chi connectivity index (χ1n) is 11.6. The Morgan fingerprint density at radius 1 is 1.06 bits per heavy atom. The number of rotatable bonds is 3. The zero-order chi connectivity index (χ0) is 23.4. The number of imidazole rings is 1. The van der Waals surface area contributed by atoms with Crippen molar-refractivity contribution < 1.29 is 0 Å². The molecular weight excluding hydrogens is 446 g/mol. The van der Waals surface area contributed by atoms with Crippen LogP contribution in [0.25, 0.3) is 32.8 Å². The lowest BCUT2D eigenvalue weighted by atomic mass is 10.0. The summed E-state index contributed by atoms with van der Waals surface area (Å²) in [7, 11) is 0. The van der Waals surface area contributed by atoms with Gasteiger partial charge in [0.2, 0.25) is 0 Å². The molecule has 2 aromatic carbocycles. The van der Waals surface area contributed by atoms with Crippen LogP contribution >= 0.6 is 12.2 Å². The van der Waals surface area contributed by atoms with E-state index in [0.29, 0.717) is 10.2 Å². The van der Waals surface area contributed by atoms with Crippen LogP contribution in [0.4, 0.5) is 5.82 Å². The van der Waals surface area contributed by atoms with E-state index < -0.39 is 0 Å². The molecule has 0 aliphatic carbocycles. The van der Waals surface area contributed by atoms with Gasteiger partial charge in [0.15, 0.2) is 4.77 Å². The first-order chi connectivity index (χ1) is 16.5. The lowest BCUT2D eigenvalue weighted by molar-refractivity contribution is 0.385. The maximum Gasteiger partial charge on any atom is 0.261 e. The molecule has 1 fully saturated rings. The maximum absolute atomic E-state index is 13.2. The summed E-state index contributed by atoms with van der Waals surface area (Å²) >= 11 is 5.48. The normalized spacial score (nSPS) is 15.1. The monoisotopic (exact) mass is 471 g/mol. The lowest BCUT2D eigenvalue weighted by Gasteiger charge is -2.34. The molecule has 0 spiro atoms. The third-order valence-corrected chi connectivity index (χ3v) is 7.24. The first kappa shape index (κ1) is 21.0. The molecule has 0 radical (unpaired) electrons. The Kier molecular flexibility index (Phi) is 4.95. The Balaban J connectivity index is 1.32. The van der Waals surface area contributed by atoms with Gasteiger partial charge in [0.05, 0.1) is 33.8 Å². The smallest absolute Gasteiger partial charge is 0.261 e. The number of benzene rings is 2. The molecule has 0 amide bonds. The molecule has 4 heterocycles. The molecule has 0 atom stereocenters. The summed E-state index contributed by atoms with van der Waals surface area (Å²) in [5, 5.41) is 1.69. The molecule has 6 rings (SSSR count). The summed E-state index contributed by atoms with van der Waals surface area (Å²) in [4.78, 5) is 32.5. The highest BCUT2D eigenvalue weighted by Gasteiger charge is 2.24. The van der Waals surface area contributed by atoms with E-state index in [4.69, 9.17) is 12.2 Å². The van der Waals surface area contributed by atoms with Gasteiger partial charge in [-0.25, -0.2) is 15.0 Å². The lowest BCUT2D eigenvalue weighted by Crippen LogP contribution is -2.38. The van der Waals surface area contributed by atoms with Crippen LogP contribution in [0.1, 0.15) is 31.4 Å². The highest BCUT2D eigenvalue weighted by molar-refractivity contribution is 7.71. The van der Waals surface area contributed by atoms with Crippen LogP contribution < -0.4 is 10.5 Å². The highest BCUT2D eigenvalue weighted by atomic mass is 32.1. The van der Waals surface area contributed by atoms with Crippen LogP contribution in [0.5, 0.6) is 0 Å². The van der Waals surface area contributed by atoms with E-state index in [0.717, 1.165) is 71.3 Å². The van der Waals surface area contributed by atoms with Crippen molar-refractivity contribution in [3.63, 3.8) is 0 Å². The zero-order valence-electron chi connectivity index (χ0n) is 19.2. The third-order valence-electron chi connectivity index (χ3n) is 6.92. The molecule has 0 bridgehead atoms. The van der Waals surface area contributed by atoms with E-state index in [1.165, 1.54) is 0 Å². The molecule has 0 saturated carbocycles.